The Balaban J connectivity index is 1.31. The fraction of sp³-hybridized carbons (Fsp3) is 0.345. The van der Waals surface area contributed by atoms with E-state index in [0.717, 1.165) is 24.1 Å². The molecule has 2 aliphatic rings. The van der Waals surface area contributed by atoms with E-state index in [1.54, 1.807) is 30.0 Å². The molecule has 11 heteroatoms. The monoisotopic (exact) mass is 578 g/mol. The number of amides is 1. The zero-order valence-corrected chi connectivity index (χ0v) is 24.1. The van der Waals surface area contributed by atoms with Crippen LogP contribution in [0.15, 0.2) is 47.4 Å². The first-order valence-electron chi connectivity index (χ1n) is 13.0. The Hall–Kier alpha value is -3.69. The number of hydrogen-bond donors (Lipinski definition) is 1. The Bertz CT molecular complexity index is 1720. The van der Waals surface area contributed by atoms with Gasteiger partial charge in [0.25, 0.3) is 5.56 Å². The van der Waals surface area contributed by atoms with E-state index in [2.05, 4.69) is 26.4 Å². The topological polar surface area (TPSA) is 102 Å². The van der Waals surface area contributed by atoms with E-state index in [0.29, 0.717) is 51.4 Å². The average molecular weight is 579 g/mol. The minimum absolute atomic E-state index is 0.00427. The second-order valence-electron chi connectivity index (χ2n) is 11.4. The van der Waals surface area contributed by atoms with E-state index in [1.807, 2.05) is 32.9 Å². The summed E-state index contributed by atoms with van der Waals surface area (Å²) in [7, 11) is 0. The summed E-state index contributed by atoms with van der Waals surface area (Å²) in [6.07, 6.45) is 3.27. The van der Waals surface area contributed by atoms with Gasteiger partial charge in [0, 0.05) is 30.4 Å². The van der Waals surface area contributed by atoms with Crippen LogP contribution in [0.1, 0.15) is 50.4 Å². The maximum Gasteiger partial charge on any atom is 0.410 e. The van der Waals surface area contributed by atoms with Crippen LogP contribution in [0.25, 0.3) is 16.6 Å². The summed E-state index contributed by atoms with van der Waals surface area (Å²) in [5.41, 5.74) is 3.39. The molecule has 6 rings (SSSR count). The maximum atomic E-state index is 13.3. The van der Waals surface area contributed by atoms with Gasteiger partial charge in [0.05, 0.1) is 21.1 Å². The highest BCUT2D eigenvalue weighted by Gasteiger charge is 2.50. The van der Waals surface area contributed by atoms with Crippen LogP contribution in [-0.2, 0) is 16.7 Å². The summed E-state index contributed by atoms with van der Waals surface area (Å²) >= 11 is 12.7. The minimum Gasteiger partial charge on any atom is -0.444 e. The highest BCUT2D eigenvalue weighted by atomic mass is 35.5. The third kappa shape index (κ3) is 4.77. The number of nitrogens with zero attached hydrogens (tertiary/aromatic N) is 5. The van der Waals surface area contributed by atoms with E-state index >= 15 is 0 Å². The van der Waals surface area contributed by atoms with Crippen LogP contribution in [-0.4, -0.2) is 42.9 Å². The van der Waals surface area contributed by atoms with Crippen LogP contribution in [0.3, 0.4) is 0 Å². The number of aromatic nitrogens is 4. The zero-order chi connectivity index (χ0) is 28.4. The molecule has 1 saturated carbocycles. The molecule has 9 nitrogen and oxygen atoms in total. The second-order valence-corrected chi connectivity index (χ2v) is 12.3. The Labute approximate surface area is 241 Å². The lowest BCUT2D eigenvalue weighted by Gasteiger charge is -2.36. The first-order valence-corrected chi connectivity index (χ1v) is 13.8. The lowest BCUT2D eigenvalue weighted by molar-refractivity contribution is 0.0197. The van der Waals surface area contributed by atoms with Crippen LogP contribution >= 0.6 is 23.2 Å². The summed E-state index contributed by atoms with van der Waals surface area (Å²) in [5.74, 6) is 0.325. The van der Waals surface area contributed by atoms with Gasteiger partial charge in [-0.1, -0.05) is 35.3 Å². The van der Waals surface area contributed by atoms with Gasteiger partial charge in [-0.25, -0.2) is 14.8 Å². The van der Waals surface area contributed by atoms with Crippen LogP contribution in [0, 0.1) is 6.92 Å². The smallest absolute Gasteiger partial charge is 0.410 e. The van der Waals surface area contributed by atoms with E-state index in [-0.39, 0.29) is 11.5 Å². The molecule has 4 aromatic rings. The molecule has 206 valence electrons. The summed E-state index contributed by atoms with van der Waals surface area (Å²) in [6, 6.07) is 11.2. The predicted molar refractivity (Wildman–Crippen MR) is 155 cm³/mol. The number of fused-ring (bicyclic) bond motifs is 3. The molecule has 0 unspecified atom stereocenters. The van der Waals surface area contributed by atoms with Gasteiger partial charge in [0.15, 0.2) is 0 Å². The molecule has 1 fully saturated rings. The standard InChI is InChI=1S/C29H28Cl2N6O3/c1-16-23-19(25(38)37(35-16)24-21(30)6-5-7-22(24)31)13-32-26(34-23)33-18-8-9-20-17(12-18)14-36(15-29(20)10-11-29)27(39)40-28(2,3)4/h5-9,12-13H,10-11,14-15H2,1-4H3,(H,32,33,34). The Morgan fingerprint density at radius 1 is 1.12 bits per heavy atom. The van der Waals surface area contributed by atoms with Crippen molar-refractivity contribution in [1.29, 1.82) is 0 Å². The highest BCUT2D eigenvalue weighted by Crippen LogP contribution is 2.53. The summed E-state index contributed by atoms with van der Waals surface area (Å²) in [5, 5.41) is 8.61. The number of halogens is 2. The largest absolute Gasteiger partial charge is 0.444 e. The second kappa shape index (κ2) is 9.45. The minimum atomic E-state index is -0.555. The van der Waals surface area contributed by atoms with E-state index in [4.69, 9.17) is 27.9 Å². The third-order valence-corrected chi connectivity index (χ3v) is 7.86. The molecule has 0 bridgehead atoms. The van der Waals surface area contributed by atoms with Crippen molar-refractivity contribution in [1.82, 2.24) is 24.6 Å². The first kappa shape index (κ1) is 26.5. The molecule has 0 radical (unpaired) electrons. The highest BCUT2D eigenvalue weighted by molar-refractivity contribution is 6.37. The fourth-order valence-electron chi connectivity index (χ4n) is 5.27. The van der Waals surface area contributed by atoms with Crippen LogP contribution < -0.4 is 10.9 Å². The SMILES string of the molecule is Cc1nn(-c2c(Cl)cccc2Cl)c(=O)c2cnc(Nc3ccc4c(c3)CN(C(=O)OC(C)(C)C)CC43CC3)nc12. The van der Waals surface area contributed by atoms with Crippen molar-refractivity contribution in [2.24, 2.45) is 0 Å². The number of benzene rings is 2. The molecule has 1 N–H and O–H groups in total. The number of hydrogen-bond acceptors (Lipinski definition) is 7. The number of carbonyl (C=O) groups is 1. The van der Waals surface area contributed by atoms with Crippen LogP contribution in [0.2, 0.25) is 10.0 Å². The molecule has 1 amide bonds. The van der Waals surface area contributed by atoms with Gasteiger partial charge >= 0.3 is 6.09 Å². The van der Waals surface area contributed by atoms with Crippen molar-refractivity contribution in [3.8, 4) is 5.69 Å². The molecule has 2 aromatic heterocycles. The van der Waals surface area contributed by atoms with Gasteiger partial charge in [0.2, 0.25) is 5.95 Å². The van der Waals surface area contributed by atoms with E-state index in [9.17, 15) is 9.59 Å². The van der Waals surface area contributed by atoms with Gasteiger partial charge < -0.3 is 15.0 Å². The molecule has 1 spiro atoms. The molecular weight excluding hydrogens is 551 g/mol. The lowest BCUT2D eigenvalue weighted by Crippen LogP contribution is -2.44. The van der Waals surface area contributed by atoms with Crippen LogP contribution in [0.5, 0.6) is 0 Å². The van der Waals surface area contributed by atoms with Crippen molar-refractivity contribution in [2.75, 3.05) is 11.9 Å². The predicted octanol–water partition coefficient (Wildman–Crippen LogP) is 6.32. The zero-order valence-electron chi connectivity index (χ0n) is 22.6. The van der Waals surface area contributed by atoms with Gasteiger partial charge in [-0.15, -0.1) is 0 Å². The van der Waals surface area contributed by atoms with Crippen molar-refractivity contribution in [3.63, 3.8) is 0 Å². The van der Waals surface area contributed by atoms with Crippen molar-refractivity contribution in [2.45, 2.75) is 58.1 Å². The first-order chi connectivity index (χ1) is 18.9. The number of aryl methyl sites for hydroxylation is 1. The van der Waals surface area contributed by atoms with Gasteiger partial charge in [-0.05, 0) is 75.9 Å². The maximum absolute atomic E-state index is 13.3. The molecular formula is C29H28Cl2N6O3. The van der Waals surface area contributed by atoms with Crippen molar-refractivity contribution in [3.05, 3.63) is 79.8 Å². The van der Waals surface area contributed by atoms with Gasteiger partial charge in [0.1, 0.15) is 16.8 Å². The summed E-state index contributed by atoms with van der Waals surface area (Å²) in [6.45, 7) is 8.52. The number of nitrogens with one attached hydrogen (secondary N) is 1. The normalized spacial score (nSPS) is 15.7. The van der Waals surface area contributed by atoms with Crippen molar-refractivity contribution < 1.29 is 9.53 Å². The molecule has 1 aliphatic heterocycles. The number of anilines is 2. The molecule has 0 atom stereocenters. The lowest BCUT2D eigenvalue weighted by atomic mass is 9.87. The Kier molecular flexibility index (Phi) is 6.27. The molecule has 3 heterocycles. The third-order valence-electron chi connectivity index (χ3n) is 7.25. The van der Waals surface area contributed by atoms with Crippen LogP contribution in [0.4, 0.5) is 16.4 Å². The quantitative estimate of drug-likeness (QED) is 0.303. The van der Waals surface area contributed by atoms with Gasteiger partial charge in [-0.3, -0.25) is 4.79 Å². The number of ether oxygens (including phenoxy) is 1. The molecule has 40 heavy (non-hydrogen) atoms. The molecule has 2 aromatic carbocycles. The van der Waals surface area contributed by atoms with E-state index in [1.165, 1.54) is 16.4 Å². The molecule has 1 aliphatic carbocycles. The number of carbonyl (C=O) groups excluding carboxylic acids is 1. The Morgan fingerprint density at radius 3 is 2.52 bits per heavy atom. The van der Waals surface area contributed by atoms with Gasteiger partial charge in [-0.2, -0.15) is 9.78 Å². The number of para-hydroxylation sites is 1. The average Bonchev–Trinajstić information content (AvgIpc) is 3.65. The summed E-state index contributed by atoms with van der Waals surface area (Å²) < 4.78 is 6.84. The fourth-order valence-corrected chi connectivity index (χ4v) is 5.83. The summed E-state index contributed by atoms with van der Waals surface area (Å²) in [4.78, 5) is 37.0. The Morgan fingerprint density at radius 2 is 1.85 bits per heavy atom. The van der Waals surface area contributed by atoms with Crippen molar-refractivity contribution >= 4 is 51.8 Å². The molecule has 0 saturated heterocycles. The van der Waals surface area contributed by atoms with E-state index < -0.39 is 11.2 Å². The number of rotatable bonds is 3.